The molecule has 0 fully saturated rings. The van der Waals surface area contributed by atoms with Gasteiger partial charge >= 0.3 is 0 Å². The predicted octanol–water partition coefficient (Wildman–Crippen LogP) is 5.21. The van der Waals surface area contributed by atoms with Crippen molar-refractivity contribution in [1.82, 2.24) is 0 Å². The third-order valence-electron chi connectivity index (χ3n) is 2.70. The van der Waals surface area contributed by atoms with Crippen molar-refractivity contribution in [1.29, 1.82) is 0 Å². The molecule has 0 aromatic heterocycles. The summed E-state index contributed by atoms with van der Waals surface area (Å²) in [5, 5.41) is 11.0. The van der Waals surface area contributed by atoms with Crippen LogP contribution >= 0.6 is 27.7 Å². The molecule has 0 aliphatic carbocycles. The van der Waals surface area contributed by atoms with Crippen molar-refractivity contribution in [2.24, 2.45) is 0 Å². The Bertz CT molecular complexity index is 589. The van der Waals surface area contributed by atoms with Crippen LogP contribution in [0.1, 0.15) is 17.7 Å². The van der Waals surface area contributed by atoms with E-state index in [2.05, 4.69) is 35.0 Å². The molecule has 19 heavy (non-hydrogen) atoms. The molecule has 0 N–H and O–H groups in total. The highest BCUT2D eigenvalue weighted by Crippen LogP contribution is 2.39. The second-order valence-corrected chi connectivity index (χ2v) is 6.28. The van der Waals surface area contributed by atoms with Crippen LogP contribution in [0.15, 0.2) is 57.9 Å². The van der Waals surface area contributed by atoms with E-state index in [0.29, 0.717) is 0 Å². The van der Waals surface area contributed by atoms with Crippen LogP contribution in [-0.2, 0) is 0 Å². The van der Waals surface area contributed by atoms with Crippen molar-refractivity contribution < 1.29 is 4.92 Å². The normalized spacial score (nSPS) is 12.1. The van der Waals surface area contributed by atoms with Crippen LogP contribution in [0.2, 0.25) is 0 Å². The van der Waals surface area contributed by atoms with Crippen LogP contribution < -0.4 is 0 Å². The minimum absolute atomic E-state index is 0.117. The molecule has 5 heteroatoms. The molecule has 0 amide bonds. The Kier molecular flexibility index (Phi) is 4.61. The minimum atomic E-state index is -0.371. The second kappa shape index (κ2) is 6.21. The number of benzene rings is 2. The van der Waals surface area contributed by atoms with Gasteiger partial charge in [-0.2, -0.15) is 0 Å². The lowest BCUT2D eigenvalue weighted by Crippen LogP contribution is -1.91. The van der Waals surface area contributed by atoms with E-state index < -0.39 is 0 Å². The molecule has 98 valence electrons. The van der Waals surface area contributed by atoms with Crippen LogP contribution in [-0.4, -0.2) is 4.92 Å². The summed E-state index contributed by atoms with van der Waals surface area (Å²) >= 11 is 5.04. The van der Waals surface area contributed by atoms with Gasteiger partial charge in [0.05, 0.1) is 4.92 Å². The molecule has 0 aliphatic rings. The van der Waals surface area contributed by atoms with Gasteiger partial charge in [0, 0.05) is 26.8 Å². The molecule has 0 radical (unpaired) electrons. The number of nitro groups is 1. The predicted molar refractivity (Wildman–Crippen MR) is 81.5 cm³/mol. The van der Waals surface area contributed by atoms with Gasteiger partial charge in [-0.15, -0.1) is 11.8 Å². The van der Waals surface area contributed by atoms with E-state index in [0.717, 1.165) is 9.37 Å². The molecule has 2 rings (SSSR count). The van der Waals surface area contributed by atoms with Gasteiger partial charge < -0.3 is 0 Å². The van der Waals surface area contributed by atoms with E-state index in [-0.39, 0.29) is 15.9 Å². The zero-order valence-electron chi connectivity index (χ0n) is 10.2. The third kappa shape index (κ3) is 3.58. The van der Waals surface area contributed by atoms with Gasteiger partial charge in [0.2, 0.25) is 0 Å². The fourth-order valence-corrected chi connectivity index (χ4v) is 3.25. The van der Waals surface area contributed by atoms with E-state index in [4.69, 9.17) is 0 Å². The second-order valence-electron chi connectivity index (χ2n) is 4.04. The van der Waals surface area contributed by atoms with Crippen molar-refractivity contribution >= 4 is 33.4 Å². The average Bonchev–Trinajstić information content (AvgIpc) is 2.42. The van der Waals surface area contributed by atoms with Gasteiger partial charge in [0.15, 0.2) is 0 Å². The van der Waals surface area contributed by atoms with Gasteiger partial charge in [0.1, 0.15) is 0 Å². The summed E-state index contributed by atoms with van der Waals surface area (Å²) in [6.07, 6.45) is 0. The van der Waals surface area contributed by atoms with Gasteiger partial charge in [-0.25, -0.2) is 0 Å². The fourth-order valence-electron chi connectivity index (χ4n) is 1.68. The Balaban J connectivity index is 2.23. The maximum Gasteiger partial charge on any atom is 0.270 e. The van der Waals surface area contributed by atoms with Gasteiger partial charge in [-0.05, 0) is 34.5 Å². The summed E-state index contributed by atoms with van der Waals surface area (Å²) in [5.74, 6) is 0. The maximum atomic E-state index is 10.8. The molecule has 0 saturated heterocycles. The Hall–Kier alpha value is -1.33. The topological polar surface area (TPSA) is 43.1 Å². The van der Waals surface area contributed by atoms with Crippen molar-refractivity contribution in [3.05, 3.63) is 68.7 Å². The average molecular weight is 338 g/mol. The molecule has 0 spiro atoms. The standard InChI is InChI=1S/C14H12BrNO2S/c1-10(11-5-3-2-4-6-11)19-14-9-12(16(17)18)7-8-13(14)15/h2-10H,1H3. The first-order valence-electron chi connectivity index (χ1n) is 5.73. The number of hydrogen-bond donors (Lipinski definition) is 0. The molecule has 3 nitrogen and oxygen atoms in total. The number of rotatable bonds is 4. The van der Waals surface area contributed by atoms with Crippen molar-refractivity contribution in [3.63, 3.8) is 0 Å². The largest absolute Gasteiger partial charge is 0.270 e. The van der Waals surface area contributed by atoms with E-state index in [9.17, 15) is 10.1 Å². The zero-order valence-corrected chi connectivity index (χ0v) is 12.6. The summed E-state index contributed by atoms with van der Waals surface area (Å²) in [6.45, 7) is 2.09. The number of hydrogen-bond acceptors (Lipinski definition) is 3. The smallest absolute Gasteiger partial charge is 0.258 e. The molecule has 0 bridgehead atoms. The van der Waals surface area contributed by atoms with Crippen molar-refractivity contribution in [2.75, 3.05) is 0 Å². The molecule has 2 aromatic rings. The quantitative estimate of drug-likeness (QED) is 0.437. The first-order chi connectivity index (χ1) is 9.08. The molecule has 1 unspecified atom stereocenters. The van der Waals surface area contributed by atoms with E-state index in [1.54, 1.807) is 23.9 Å². The lowest BCUT2D eigenvalue weighted by atomic mass is 10.2. The van der Waals surface area contributed by atoms with Crippen molar-refractivity contribution in [2.45, 2.75) is 17.1 Å². The van der Waals surface area contributed by atoms with E-state index in [1.165, 1.54) is 11.6 Å². The molecule has 2 aromatic carbocycles. The Morgan fingerprint density at radius 1 is 1.21 bits per heavy atom. The first-order valence-corrected chi connectivity index (χ1v) is 7.40. The Labute approximate surface area is 124 Å². The van der Waals surface area contributed by atoms with Gasteiger partial charge in [0.25, 0.3) is 5.69 Å². The molecule has 0 saturated carbocycles. The number of halogens is 1. The summed E-state index contributed by atoms with van der Waals surface area (Å²) in [6, 6.07) is 14.9. The van der Waals surface area contributed by atoms with Crippen LogP contribution in [0.3, 0.4) is 0 Å². The SMILES string of the molecule is CC(Sc1cc([N+](=O)[O-])ccc1Br)c1ccccc1. The lowest BCUT2D eigenvalue weighted by Gasteiger charge is -2.12. The third-order valence-corrected chi connectivity index (χ3v) is 4.87. The maximum absolute atomic E-state index is 10.8. The summed E-state index contributed by atoms with van der Waals surface area (Å²) < 4.78 is 0.880. The molecule has 0 heterocycles. The van der Waals surface area contributed by atoms with E-state index >= 15 is 0 Å². The Morgan fingerprint density at radius 2 is 1.89 bits per heavy atom. The number of non-ortho nitro benzene ring substituents is 1. The summed E-state index contributed by atoms with van der Waals surface area (Å²) in [5.41, 5.74) is 1.32. The van der Waals surface area contributed by atoms with Crippen LogP contribution in [0.5, 0.6) is 0 Å². The van der Waals surface area contributed by atoms with Crippen LogP contribution in [0.4, 0.5) is 5.69 Å². The highest BCUT2D eigenvalue weighted by Gasteiger charge is 2.13. The first kappa shape index (κ1) is 14.1. The number of nitro benzene ring substituents is 1. The highest BCUT2D eigenvalue weighted by atomic mass is 79.9. The number of nitrogens with zero attached hydrogens (tertiary/aromatic N) is 1. The molecular formula is C14H12BrNO2S. The minimum Gasteiger partial charge on any atom is -0.258 e. The summed E-state index contributed by atoms with van der Waals surface area (Å²) in [4.78, 5) is 11.3. The highest BCUT2D eigenvalue weighted by molar-refractivity contribution is 9.10. The molecule has 1 atom stereocenters. The lowest BCUT2D eigenvalue weighted by molar-refractivity contribution is -0.385. The Morgan fingerprint density at radius 3 is 2.53 bits per heavy atom. The molecule has 0 aliphatic heterocycles. The number of thioether (sulfide) groups is 1. The fraction of sp³-hybridized carbons (Fsp3) is 0.143. The van der Waals surface area contributed by atoms with Crippen molar-refractivity contribution in [3.8, 4) is 0 Å². The van der Waals surface area contributed by atoms with Crippen LogP contribution in [0, 0.1) is 10.1 Å². The van der Waals surface area contributed by atoms with Gasteiger partial charge in [-0.1, -0.05) is 30.3 Å². The molecular weight excluding hydrogens is 326 g/mol. The zero-order chi connectivity index (χ0) is 13.8. The van der Waals surface area contributed by atoms with Crippen LogP contribution in [0.25, 0.3) is 0 Å². The summed E-state index contributed by atoms with van der Waals surface area (Å²) in [7, 11) is 0. The van der Waals surface area contributed by atoms with E-state index in [1.807, 2.05) is 18.2 Å². The van der Waals surface area contributed by atoms with Gasteiger partial charge in [-0.3, -0.25) is 10.1 Å². The monoisotopic (exact) mass is 337 g/mol.